The first-order valence-electron chi connectivity index (χ1n) is 5.03. The molecule has 0 saturated heterocycles. The number of nitrogens with zero attached hydrogens (tertiary/aromatic N) is 1. The second-order valence-corrected chi connectivity index (χ2v) is 4.39. The summed E-state index contributed by atoms with van der Waals surface area (Å²) in [7, 11) is 0. The van der Waals surface area contributed by atoms with E-state index >= 15 is 0 Å². The van der Waals surface area contributed by atoms with Gasteiger partial charge in [0.1, 0.15) is 5.38 Å². The standard InChI is InChI=1S/C13H13Cl2N/c1-10-2-4-11(5-3-10)12(6-7-14)8-13(15)9-16/h2-6,13H,7-8H2,1H3/b12-6+. The Hall–Kier alpha value is -0.970. The van der Waals surface area contributed by atoms with E-state index in [1.807, 2.05) is 43.3 Å². The van der Waals surface area contributed by atoms with Gasteiger partial charge >= 0.3 is 0 Å². The van der Waals surface area contributed by atoms with Gasteiger partial charge in [-0.1, -0.05) is 35.9 Å². The van der Waals surface area contributed by atoms with Crippen molar-refractivity contribution < 1.29 is 0 Å². The summed E-state index contributed by atoms with van der Waals surface area (Å²) >= 11 is 11.5. The molecule has 1 nitrogen and oxygen atoms in total. The average molecular weight is 254 g/mol. The van der Waals surface area contributed by atoms with E-state index in [0.29, 0.717) is 12.3 Å². The highest BCUT2D eigenvalue weighted by Crippen LogP contribution is 2.22. The van der Waals surface area contributed by atoms with Crippen LogP contribution in [0.5, 0.6) is 0 Å². The minimum Gasteiger partial charge on any atom is -0.197 e. The second kappa shape index (κ2) is 6.58. The molecule has 1 unspecified atom stereocenters. The number of allylic oxidation sites excluding steroid dienone is 2. The highest BCUT2D eigenvalue weighted by molar-refractivity contribution is 6.23. The lowest BCUT2D eigenvalue weighted by atomic mass is 10.00. The fraction of sp³-hybridized carbons (Fsp3) is 0.308. The minimum absolute atomic E-state index is 0.429. The third-order valence-corrected chi connectivity index (χ3v) is 2.69. The number of nitriles is 1. The number of aryl methyl sites for hydroxylation is 1. The van der Waals surface area contributed by atoms with Crippen LogP contribution in [-0.4, -0.2) is 11.3 Å². The minimum atomic E-state index is -0.504. The zero-order valence-electron chi connectivity index (χ0n) is 9.08. The summed E-state index contributed by atoms with van der Waals surface area (Å²) in [5.74, 6) is 0.429. The molecule has 1 rings (SSSR count). The Kier molecular flexibility index (Phi) is 5.38. The molecule has 1 aromatic rings. The van der Waals surface area contributed by atoms with Crippen LogP contribution in [0.3, 0.4) is 0 Å². The number of alkyl halides is 2. The van der Waals surface area contributed by atoms with E-state index in [1.165, 1.54) is 5.56 Å². The van der Waals surface area contributed by atoms with Crippen molar-refractivity contribution in [3.05, 3.63) is 41.5 Å². The van der Waals surface area contributed by atoms with Crippen LogP contribution in [0, 0.1) is 18.3 Å². The molecule has 0 amide bonds. The Labute approximate surface area is 106 Å². The summed E-state index contributed by atoms with van der Waals surface area (Å²) < 4.78 is 0. The number of halogens is 2. The van der Waals surface area contributed by atoms with Gasteiger partial charge in [0, 0.05) is 12.3 Å². The molecule has 0 N–H and O–H groups in total. The maximum absolute atomic E-state index is 8.70. The monoisotopic (exact) mass is 253 g/mol. The molecular weight excluding hydrogens is 241 g/mol. The highest BCUT2D eigenvalue weighted by atomic mass is 35.5. The van der Waals surface area contributed by atoms with E-state index in [0.717, 1.165) is 11.1 Å². The summed E-state index contributed by atoms with van der Waals surface area (Å²) in [5.41, 5.74) is 3.31. The summed E-state index contributed by atoms with van der Waals surface area (Å²) in [6, 6.07) is 10.1. The SMILES string of the molecule is Cc1ccc(/C(=C/CCl)CC(Cl)C#N)cc1. The Morgan fingerprint density at radius 1 is 1.44 bits per heavy atom. The van der Waals surface area contributed by atoms with Crippen LogP contribution in [0.2, 0.25) is 0 Å². The van der Waals surface area contributed by atoms with E-state index < -0.39 is 5.38 Å². The molecule has 0 fully saturated rings. The smallest absolute Gasteiger partial charge is 0.124 e. The number of hydrogen-bond acceptors (Lipinski definition) is 1. The zero-order valence-corrected chi connectivity index (χ0v) is 10.6. The van der Waals surface area contributed by atoms with Crippen LogP contribution >= 0.6 is 23.2 Å². The van der Waals surface area contributed by atoms with Crippen molar-refractivity contribution in [2.24, 2.45) is 0 Å². The lowest BCUT2D eigenvalue weighted by Crippen LogP contribution is -1.97. The van der Waals surface area contributed by atoms with Crippen LogP contribution in [0.15, 0.2) is 30.3 Å². The first-order valence-corrected chi connectivity index (χ1v) is 6.00. The topological polar surface area (TPSA) is 23.8 Å². The molecule has 3 heteroatoms. The van der Waals surface area contributed by atoms with E-state index in [4.69, 9.17) is 28.5 Å². The van der Waals surface area contributed by atoms with E-state index in [2.05, 4.69) is 0 Å². The van der Waals surface area contributed by atoms with Crippen LogP contribution in [0.25, 0.3) is 5.57 Å². The van der Waals surface area contributed by atoms with Crippen LogP contribution < -0.4 is 0 Å². The maximum Gasteiger partial charge on any atom is 0.124 e. The quantitative estimate of drug-likeness (QED) is 0.741. The zero-order chi connectivity index (χ0) is 12.0. The van der Waals surface area contributed by atoms with Gasteiger partial charge in [0.25, 0.3) is 0 Å². The normalized spacial score (nSPS) is 13.2. The summed E-state index contributed by atoms with van der Waals surface area (Å²) in [5, 5.41) is 8.20. The average Bonchev–Trinajstić information content (AvgIpc) is 2.29. The molecule has 0 saturated carbocycles. The number of hydrogen-bond donors (Lipinski definition) is 0. The molecule has 0 aliphatic heterocycles. The van der Waals surface area contributed by atoms with Crippen molar-refractivity contribution in [1.29, 1.82) is 5.26 Å². The summed E-state index contributed by atoms with van der Waals surface area (Å²) in [6.45, 7) is 2.04. The van der Waals surface area contributed by atoms with Gasteiger partial charge < -0.3 is 0 Å². The molecule has 0 radical (unpaired) electrons. The molecular formula is C13H13Cl2N. The van der Waals surface area contributed by atoms with Gasteiger partial charge in [0.2, 0.25) is 0 Å². The highest BCUT2D eigenvalue weighted by Gasteiger charge is 2.08. The third-order valence-electron chi connectivity index (χ3n) is 2.29. The Bertz CT molecular complexity index is 401. The van der Waals surface area contributed by atoms with Gasteiger partial charge in [-0.25, -0.2) is 0 Å². The van der Waals surface area contributed by atoms with Crippen molar-refractivity contribution in [2.75, 3.05) is 5.88 Å². The number of benzene rings is 1. The molecule has 0 aromatic heterocycles. The Morgan fingerprint density at radius 2 is 2.06 bits per heavy atom. The molecule has 0 aliphatic rings. The van der Waals surface area contributed by atoms with Gasteiger partial charge in [0.05, 0.1) is 6.07 Å². The van der Waals surface area contributed by atoms with Gasteiger partial charge in [-0.05, 0) is 18.1 Å². The lowest BCUT2D eigenvalue weighted by molar-refractivity contribution is 1.08. The lowest BCUT2D eigenvalue weighted by Gasteiger charge is -2.08. The van der Waals surface area contributed by atoms with E-state index in [9.17, 15) is 0 Å². The Morgan fingerprint density at radius 3 is 2.56 bits per heavy atom. The number of rotatable bonds is 4. The van der Waals surface area contributed by atoms with Crippen molar-refractivity contribution in [2.45, 2.75) is 18.7 Å². The van der Waals surface area contributed by atoms with Gasteiger partial charge in [-0.2, -0.15) is 5.26 Å². The summed E-state index contributed by atoms with van der Waals surface area (Å²) in [6.07, 6.45) is 2.42. The molecule has 16 heavy (non-hydrogen) atoms. The molecule has 0 heterocycles. The summed E-state index contributed by atoms with van der Waals surface area (Å²) in [4.78, 5) is 0. The third kappa shape index (κ3) is 3.89. The van der Waals surface area contributed by atoms with Crippen LogP contribution in [0.1, 0.15) is 17.5 Å². The van der Waals surface area contributed by atoms with Gasteiger partial charge in [-0.3, -0.25) is 0 Å². The fourth-order valence-electron chi connectivity index (χ4n) is 1.42. The maximum atomic E-state index is 8.70. The predicted octanol–water partition coefficient (Wildman–Crippen LogP) is 4.14. The van der Waals surface area contributed by atoms with Crippen molar-refractivity contribution in [3.8, 4) is 6.07 Å². The van der Waals surface area contributed by atoms with E-state index in [1.54, 1.807) is 0 Å². The molecule has 0 aliphatic carbocycles. The first kappa shape index (κ1) is 13.1. The molecule has 84 valence electrons. The fourth-order valence-corrected chi connectivity index (χ4v) is 1.77. The van der Waals surface area contributed by atoms with Gasteiger partial charge in [0.15, 0.2) is 0 Å². The molecule has 0 spiro atoms. The van der Waals surface area contributed by atoms with Crippen LogP contribution in [0.4, 0.5) is 0 Å². The van der Waals surface area contributed by atoms with Crippen LogP contribution in [-0.2, 0) is 0 Å². The van der Waals surface area contributed by atoms with Gasteiger partial charge in [-0.15, -0.1) is 23.2 Å². The van der Waals surface area contributed by atoms with Crippen molar-refractivity contribution in [3.63, 3.8) is 0 Å². The Balaban J connectivity index is 2.91. The van der Waals surface area contributed by atoms with Crippen molar-refractivity contribution >= 4 is 28.8 Å². The predicted molar refractivity (Wildman–Crippen MR) is 69.7 cm³/mol. The molecule has 1 aromatic carbocycles. The van der Waals surface area contributed by atoms with Crippen molar-refractivity contribution in [1.82, 2.24) is 0 Å². The molecule has 1 atom stereocenters. The van der Waals surface area contributed by atoms with E-state index in [-0.39, 0.29) is 0 Å². The largest absolute Gasteiger partial charge is 0.197 e. The first-order chi connectivity index (χ1) is 7.67. The second-order valence-electron chi connectivity index (χ2n) is 3.55. The molecule has 0 bridgehead atoms.